The molecule has 0 fully saturated rings. The number of hydrogen-bond donors (Lipinski definition) is 0. The Labute approximate surface area is 108 Å². The number of nitrogens with zero attached hydrogens (tertiary/aromatic N) is 2. The van der Waals surface area contributed by atoms with E-state index in [2.05, 4.69) is 9.97 Å². The van der Waals surface area contributed by atoms with Gasteiger partial charge in [-0.15, -0.1) is 0 Å². The van der Waals surface area contributed by atoms with Crippen molar-refractivity contribution in [1.29, 1.82) is 0 Å². The lowest BCUT2D eigenvalue weighted by Crippen LogP contribution is -1.99. The largest absolute Gasteiger partial charge is 0.226 e. The summed E-state index contributed by atoms with van der Waals surface area (Å²) in [6.07, 6.45) is 2.42. The lowest BCUT2D eigenvalue weighted by molar-refractivity contribution is 0.600. The summed E-state index contributed by atoms with van der Waals surface area (Å²) in [6.45, 7) is 0. The summed E-state index contributed by atoms with van der Waals surface area (Å²) in [5.74, 6) is -0.572. The van der Waals surface area contributed by atoms with Gasteiger partial charge in [0, 0.05) is 18.0 Å². The van der Waals surface area contributed by atoms with Gasteiger partial charge in [-0.25, -0.2) is 22.8 Å². The number of benzene rings is 1. The summed E-state index contributed by atoms with van der Waals surface area (Å²) in [4.78, 5) is 7.55. The van der Waals surface area contributed by atoms with Crippen molar-refractivity contribution in [1.82, 2.24) is 9.97 Å². The molecule has 0 aliphatic rings. The smallest absolute Gasteiger partial charge is 0.222 e. The zero-order valence-corrected chi connectivity index (χ0v) is 10.8. The molecule has 0 amide bonds. The first-order valence-electron chi connectivity index (χ1n) is 4.86. The fraction of sp³-hybridized carbons (Fsp3) is 0.0909. The summed E-state index contributed by atoms with van der Waals surface area (Å²) in [7, 11) is -3.40. The monoisotopic (exact) mass is 286 g/mol. The Morgan fingerprint density at radius 2 is 2.00 bits per heavy atom. The molecule has 0 spiro atoms. The quantitative estimate of drug-likeness (QED) is 0.628. The van der Waals surface area contributed by atoms with E-state index in [4.69, 9.17) is 11.6 Å². The first-order valence-corrected chi connectivity index (χ1v) is 7.13. The van der Waals surface area contributed by atoms with Crippen LogP contribution in [0.25, 0.3) is 11.3 Å². The molecule has 0 saturated carbocycles. The van der Waals surface area contributed by atoms with Gasteiger partial charge in [0.25, 0.3) is 0 Å². The minimum Gasteiger partial charge on any atom is -0.226 e. The van der Waals surface area contributed by atoms with E-state index in [9.17, 15) is 12.8 Å². The van der Waals surface area contributed by atoms with Crippen molar-refractivity contribution in [3.05, 3.63) is 41.6 Å². The van der Waals surface area contributed by atoms with Gasteiger partial charge in [-0.2, -0.15) is 0 Å². The molecule has 0 aliphatic heterocycles. The highest BCUT2D eigenvalue weighted by Gasteiger charge is 2.13. The van der Waals surface area contributed by atoms with Crippen LogP contribution in [0.2, 0.25) is 5.28 Å². The van der Waals surface area contributed by atoms with Crippen LogP contribution >= 0.6 is 11.6 Å². The van der Waals surface area contributed by atoms with Crippen LogP contribution in [0.15, 0.2) is 35.4 Å². The van der Waals surface area contributed by atoms with Gasteiger partial charge in [0.1, 0.15) is 5.82 Å². The first kappa shape index (κ1) is 12.9. The van der Waals surface area contributed by atoms with Gasteiger partial charge in [-0.3, -0.25) is 0 Å². The third-order valence-electron chi connectivity index (χ3n) is 2.27. The molecule has 0 N–H and O–H groups in total. The molecule has 1 aromatic carbocycles. The third-order valence-corrected chi connectivity index (χ3v) is 3.56. The fourth-order valence-electron chi connectivity index (χ4n) is 1.42. The molecule has 94 valence electrons. The van der Waals surface area contributed by atoms with Gasteiger partial charge in [-0.05, 0) is 35.9 Å². The average molecular weight is 287 g/mol. The predicted octanol–water partition coefficient (Wildman–Crippen LogP) is 2.34. The van der Waals surface area contributed by atoms with Crippen molar-refractivity contribution < 1.29 is 12.8 Å². The van der Waals surface area contributed by atoms with Crippen molar-refractivity contribution >= 4 is 21.4 Å². The first-order chi connectivity index (χ1) is 8.38. The maximum absolute atomic E-state index is 13.7. The summed E-state index contributed by atoms with van der Waals surface area (Å²) in [6, 6.07) is 4.97. The minimum absolute atomic E-state index is 0.0219. The molecular formula is C11H8ClFN2O2S. The highest BCUT2D eigenvalue weighted by atomic mass is 35.5. The van der Waals surface area contributed by atoms with E-state index < -0.39 is 15.7 Å². The Morgan fingerprint density at radius 1 is 1.28 bits per heavy atom. The number of hydrogen-bond acceptors (Lipinski definition) is 4. The Morgan fingerprint density at radius 3 is 2.61 bits per heavy atom. The maximum Gasteiger partial charge on any atom is 0.222 e. The van der Waals surface area contributed by atoms with Crippen molar-refractivity contribution in [2.75, 3.05) is 6.26 Å². The van der Waals surface area contributed by atoms with E-state index in [0.29, 0.717) is 0 Å². The number of aromatic nitrogens is 2. The van der Waals surface area contributed by atoms with Gasteiger partial charge < -0.3 is 0 Å². The lowest BCUT2D eigenvalue weighted by Gasteiger charge is -2.05. The summed E-state index contributed by atoms with van der Waals surface area (Å²) in [5.41, 5.74) is 0.306. The highest BCUT2D eigenvalue weighted by Crippen LogP contribution is 2.24. The van der Waals surface area contributed by atoms with E-state index in [1.54, 1.807) is 0 Å². The minimum atomic E-state index is -3.40. The molecule has 0 aliphatic carbocycles. The van der Waals surface area contributed by atoms with Crippen LogP contribution in [0.3, 0.4) is 0 Å². The molecule has 7 heteroatoms. The lowest BCUT2D eigenvalue weighted by atomic mass is 10.1. The third kappa shape index (κ3) is 2.65. The molecule has 0 saturated heterocycles. The maximum atomic E-state index is 13.7. The summed E-state index contributed by atoms with van der Waals surface area (Å²) in [5, 5.41) is -0.0309. The van der Waals surface area contributed by atoms with Crippen molar-refractivity contribution in [2.24, 2.45) is 0 Å². The highest BCUT2D eigenvalue weighted by molar-refractivity contribution is 7.90. The number of sulfone groups is 1. The molecule has 2 aromatic rings. The molecule has 18 heavy (non-hydrogen) atoms. The van der Waals surface area contributed by atoms with Gasteiger partial charge in [0.05, 0.1) is 10.6 Å². The zero-order valence-electron chi connectivity index (χ0n) is 9.26. The number of halogens is 2. The van der Waals surface area contributed by atoms with Crippen LogP contribution in [0.1, 0.15) is 0 Å². The van der Waals surface area contributed by atoms with Gasteiger partial charge in [0.2, 0.25) is 5.28 Å². The van der Waals surface area contributed by atoms with E-state index in [1.807, 2.05) is 0 Å². The van der Waals surface area contributed by atoms with Crippen molar-refractivity contribution in [2.45, 2.75) is 4.90 Å². The number of rotatable bonds is 2. The summed E-state index contributed by atoms with van der Waals surface area (Å²) < 4.78 is 36.5. The molecule has 0 radical (unpaired) electrons. The van der Waals surface area contributed by atoms with E-state index in [1.165, 1.54) is 24.4 Å². The second-order valence-corrected chi connectivity index (χ2v) is 5.98. The van der Waals surface area contributed by atoms with E-state index in [0.717, 1.165) is 12.3 Å². The Kier molecular flexibility index (Phi) is 3.32. The van der Waals surface area contributed by atoms with Gasteiger partial charge >= 0.3 is 0 Å². The van der Waals surface area contributed by atoms with Crippen molar-refractivity contribution in [3.8, 4) is 11.3 Å². The van der Waals surface area contributed by atoms with Crippen LogP contribution in [0.5, 0.6) is 0 Å². The Bertz CT molecular complexity index is 704. The van der Waals surface area contributed by atoms with Gasteiger partial charge in [-0.1, -0.05) is 0 Å². The molecule has 2 rings (SSSR count). The molecule has 1 aromatic heterocycles. The Hall–Kier alpha value is -1.53. The second-order valence-electron chi connectivity index (χ2n) is 3.62. The molecule has 0 unspecified atom stereocenters. The van der Waals surface area contributed by atoms with E-state index >= 15 is 0 Å². The van der Waals surface area contributed by atoms with Crippen LogP contribution < -0.4 is 0 Å². The zero-order chi connectivity index (χ0) is 13.3. The Balaban J connectivity index is 2.64. The molecule has 0 atom stereocenters. The SMILES string of the molecule is CS(=O)(=O)c1ccc(F)c(-c2ccnc(Cl)n2)c1. The van der Waals surface area contributed by atoms with Crippen LogP contribution in [-0.2, 0) is 9.84 Å². The molecular weight excluding hydrogens is 279 g/mol. The van der Waals surface area contributed by atoms with Crippen LogP contribution in [0.4, 0.5) is 4.39 Å². The van der Waals surface area contributed by atoms with E-state index in [-0.39, 0.29) is 21.4 Å². The van der Waals surface area contributed by atoms with Gasteiger partial charge in [0.15, 0.2) is 9.84 Å². The molecule has 4 nitrogen and oxygen atoms in total. The predicted molar refractivity (Wildman–Crippen MR) is 65.5 cm³/mol. The average Bonchev–Trinajstić information content (AvgIpc) is 2.28. The standard InChI is InChI=1S/C11H8ClFN2O2S/c1-18(16,17)7-2-3-9(13)8(6-7)10-4-5-14-11(12)15-10/h2-6H,1H3. The summed E-state index contributed by atoms with van der Waals surface area (Å²) >= 11 is 5.61. The normalized spacial score (nSPS) is 11.5. The fourth-order valence-corrected chi connectivity index (χ4v) is 2.21. The van der Waals surface area contributed by atoms with Crippen LogP contribution in [0, 0.1) is 5.82 Å². The topological polar surface area (TPSA) is 59.9 Å². The molecule has 0 bridgehead atoms. The second kappa shape index (κ2) is 4.62. The molecule has 1 heterocycles. The van der Waals surface area contributed by atoms with Crippen molar-refractivity contribution in [3.63, 3.8) is 0 Å². The van der Waals surface area contributed by atoms with Crippen LogP contribution in [-0.4, -0.2) is 24.6 Å².